The number of ether oxygens (including phenoxy) is 1. The first-order chi connectivity index (χ1) is 13.6. The number of carbonyl (C=O) groups excluding carboxylic acids is 1. The van der Waals surface area contributed by atoms with Crippen molar-refractivity contribution in [2.45, 2.75) is 31.7 Å². The number of benzene rings is 1. The molecule has 1 amide bonds. The number of likely N-dealkylation sites (tertiary alicyclic amines) is 1. The van der Waals surface area contributed by atoms with Crippen LogP contribution in [0.2, 0.25) is 0 Å². The zero-order valence-electron chi connectivity index (χ0n) is 16.1. The van der Waals surface area contributed by atoms with Gasteiger partial charge in [0.25, 0.3) is 5.91 Å². The number of amides is 1. The van der Waals surface area contributed by atoms with Gasteiger partial charge in [0.05, 0.1) is 5.69 Å². The Balaban J connectivity index is 1.35. The molecule has 4 rings (SSSR count). The van der Waals surface area contributed by atoms with Crippen molar-refractivity contribution in [2.75, 3.05) is 33.3 Å². The van der Waals surface area contributed by atoms with E-state index in [9.17, 15) is 9.18 Å². The van der Waals surface area contributed by atoms with Crippen LogP contribution in [-0.4, -0.2) is 59.0 Å². The second-order valence-corrected chi connectivity index (χ2v) is 7.59. The molecule has 1 saturated heterocycles. The topological polar surface area (TPSA) is 58.6 Å². The third kappa shape index (κ3) is 4.30. The fraction of sp³-hybridized carbons (Fsp3) is 0.476. The van der Waals surface area contributed by atoms with Crippen molar-refractivity contribution < 1.29 is 13.9 Å². The Morgan fingerprint density at radius 1 is 1.21 bits per heavy atom. The molecule has 3 heterocycles. The molecular formula is C21H25FN4O2. The lowest BCUT2D eigenvalue weighted by Gasteiger charge is -2.30. The fourth-order valence-corrected chi connectivity index (χ4v) is 3.78. The van der Waals surface area contributed by atoms with E-state index in [1.165, 1.54) is 24.3 Å². The van der Waals surface area contributed by atoms with Crippen molar-refractivity contribution in [1.29, 1.82) is 0 Å². The molecule has 1 aromatic carbocycles. The highest BCUT2D eigenvalue weighted by molar-refractivity contribution is 5.78. The number of hydrogen-bond donors (Lipinski definition) is 0. The summed E-state index contributed by atoms with van der Waals surface area (Å²) in [6.07, 6.45) is 4.82. The number of rotatable bonds is 4. The van der Waals surface area contributed by atoms with Gasteiger partial charge in [-0.3, -0.25) is 4.79 Å². The van der Waals surface area contributed by atoms with Crippen LogP contribution in [0.3, 0.4) is 0 Å². The molecule has 6 nitrogen and oxygen atoms in total. The van der Waals surface area contributed by atoms with Crippen LogP contribution < -0.4 is 4.74 Å². The summed E-state index contributed by atoms with van der Waals surface area (Å²) in [7, 11) is 2.15. The predicted molar refractivity (Wildman–Crippen MR) is 103 cm³/mol. The minimum absolute atomic E-state index is 0.0600. The van der Waals surface area contributed by atoms with Gasteiger partial charge in [-0.15, -0.1) is 0 Å². The van der Waals surface area contributed by atoms with Gasteiger partial charge in [0, 0.05) is 37.2 Å². The van der Waals surface area contributed by atoms with E-state index in [2.05, 4.69) is 16.9 Å². The number of aromatic nitrogens is 2. The van der Waals surface area contributed by atoms with E-state index in [0.717, 1.165) is 49.4 Å². The molecule has 0 radical (unpaired) electrons. The monoisotopic (exact) mass is 384 g/mol. The summed E-state index contributed by atoms with van der Waals surface area (Å²) in [5.74, 6) is 1.45. The molecule has 28 heavy (non-hydrogen) atoms. The van der Waals surface area contributed by atoms with E-state index < -0.39 is 0 Å². The molecule has 2 aliphatic rings. The fourth-order valence-electron chi connectivity index (χ4n) is 3.78. The van der Waals surface area contributed by atoms with Crippen molar-refractivity contribution in [3.8, 4) is 5.75 Å². The average molecular weight is 384 g/mol. The number of hydrogen-bond acceptors (Lipinski definition) is 5. The van der Waals surface area contributed by atoms with Crippen LogP contribution in [0.15, 0.2) is 30.5 Å². The predicted octanol–water partition coefficient (Wildman–Crippen LogP) is 2.39. The number of fused-ring (bicyclic) bond motifs is 1. The van der Waals surface area contributed by atoms with E-state index in [1.807, 2.05) is 6.20 Å². The Morgan fingerprint density at radius 2 is 1.96 bits per heavy atom. The third-order valence-electron chi connectivity index (χ3n) is 5.56. The highest BCUT2D eigenvalue weighted by atomic mass is 19.1. The summed E-state index contributed by atoms with van der Waals surface area (Å²) < 4.78 is 18.4. The zero-order valence-corrected chi connectivity index (χ0v) is 16.1. The van der Waals surface area contributed by atoms with E-state index in [1.54, 1.807) is 4.90 Å². The normalized spacial score (nSPS) is 18.0. The molecule has 0 saturated carbocycles. The van der Waals surface area contributed by atoms with Crippen LogP contribution in [0.25, 0.3) is 0 Å². The summed E-state index contributed by atoms with van der Waals surface area (Å²) in [5, 5.41) is 0. The van der Waals surface area contributed by atoms with E-state index >= 15 is 0 Å². The minimum atomic E-state index is -0.328. The molecule has 7 heteroatoms. The maximum absolute atomic E-state index is 12.9. The van der Waals surface area contributed by atoms with Crippen LogP contribution in [-0.2, 0) is 17.8 Å². The zero-order chi connectivity index (χ0) is 19.5. The smallest absolute Gasteiger partial charge is 0.260 e. The lowest BCUT2D eigenvalue weighted by atomic mass is 9.95. The van der Waals surface area contributed by atoms with Gasteiger partial charge in [0.1, 0.15) is 17.4 Å². The summed E-state index contributed by atoms with van der Waals surface area (Å²) >= 11 is 0. The van der Waals surface area contributed by atoms with Gasteiger partial charge in [0.15, 0.2) is 6.61 Å². The summed E-state index contributed by atoms with van der Waals surface area (Å²) in [4.78, 5) is 26.0. The highest BCUT2D eigenvalue weighted by Gasteiger charge is 2.25. The van der Waals surface area contributed by atoms with Gasteiger partial charge >= 0.3 is 0 Å². The standard InChI is InChI=1S/C21H25FN4O2/c1-25-9-6-15(7-10-25)21-23-12-16-13-26(11-8-19(16)24-21)20(27)14-28-18-4-2-17(22)3-5-18/h2-5,12,15H,6-11,13-14H2,1H3. The average Bonchev–Trinajstić information content (AvgIpc) is 2.73. The van der Waals surface area contributed by atoms with Crippen molar-refractivity contribution in [1.82, 2.24) is 19.8 Å². The van der Waals surface area contributed by atoms with Crippen LogP contribution in [0.5, 0.6) is 5.75 Å². The van der Waals surface area contributed by atoms with Gasteiger partial charge < -0.3 is 14.5 Å². The Hall–Kier alpha value is -2.54. The second kappa shape index (κ2) is 8.22. The number of nitrogens with zero attached hydrogens (tertiary/aromatic N) is 4. The molecule has 0 N–H and O–H groups in total. The van der Waals surface area contributed by atoms with E-state index in [0.29, 0.717) is 24.8 Å². The quantitative estimate of drug-likeness (QED) is 0.810. The molecule has 0 atom stereocenters. The summed E-state index contributed by atoms with van der Waals surface area (Å²) in [6, 6.07) is 5.67. The number of piperidine rings is 1. The molecule has 0 spiro atoms. The lowest BCUT2D eigenvalue weighted by molar-refractivity contribution is -0.134. The SMILES string of the molecule is CN1CCC(c2ncc3c(n2)CCN(C(=O)COc2ccc(F)cc2)C3)CC1. The number of halogens is 1. The van der Waals surface area contributed by atoms with Gasteiger partial charge in [-0.05, 0) is 57.2 Å². The maximum Gasteiger partial charge on any atom is 0.260 e. The van der Waals surface area contributed by atoms with Crippen LogP contribution in [0.4, 0.5) is 4.39 Å². The molecule has 148 valence electrons. The van der Waals surface area contributed by atoms with Crippen molar-refractivity contribution in [3.05, 3.63) is 53.4 Å². The van der Waals surface area contributed by atoms with E-state index in [-0.39, 0.29) is 18.3 Å². The Morgan fingerprint density at radius 3 is 2.71 bits per heavy atom. The first kappa shape index (κ1) is 18.8. The van der Waals surface area contributed by atoms with Gasteiger partial charge in [-0.2, -0.15) is 0 Å². The van der Waals surface area contributed by atoms with Gasteiger partial charge in [-0.25, -0.2) is 14.4 Å². The largest absolute Gasteiger partial charge is 0.484 e. The van der Waals surface area contributed by atoms with Crippen LogP contribution in [0, 0.1) is 5.82 Å². The first-order valence-corrected chi connectivity index (χ1v) is 9.78. The third-order valence-corrected chi connectivity index (χ3v) is 5.56. The maximum atomic E-state index is 12.9. The van der Waals surface area contributed by atoms with Crippen molar-refractivity contribution in [3.63, 3.8) is 0 Å². The Kier molecular flexibility index (Phi) is 5.52. The molecule has 1 fully saturated rings. The Bertz CT molecular complexity index is 835. The van der Waals surface area contributed by atoms with Crippen LogP contribution in [0.1, 0.15) is 35.8 Å². The molecular weight excluding hydrogens is 359 g/mol. The second-order valence-electron chi connectivity index (χ2n) is 7.59. The van der Waals surface area contributed by atoms with Crippen molar-refractivity contribution >= 4 is 5.91 Å². The molecule has 2 aliphatic heterocycles. The Labute approximate surface area is 164 Å². The molecule has 0 aliphatic carbocycles. The highest BCUT2D eigenvalue weighted by Crippen LogP contribution is 2.26. The first-order valence-electron chi connectivity index (χ1n) is 9.78. The van der Waals surface area contributed by atoms with Gasteiger partial charge in [-0.1, -0.05) is 0 Å². The van der Waals surface area contributed by atoms with Crippen molar-refractivity contribution in [2.24, 2.45) is 0 Å². The lowest BCUT2D eigenvalue weighted by Crippen LogP contribution is -2.39. The molecule has 1 aromatic heterocycles. The number of carbonyl (C=O) groups is 1. The van der Waals surface area contributed by atoms with E-state index in [4.69, 9.17) is 9.72 Å². The summed E-state index contributed by atoms with van der Waals surface area (Å²) in [5.41, 5.74) is 2.07. The van der Waals surface area contributed by atoms with Gasteiger partial charge in [0.2, 0.25) is 0 Å². The molecule has 0 unspecified atom stereocenters. The molecule has 0 bridgehead atoms. The summed E-state index contributed by atoms with van der Waals surface area (Å²) in [6.45, 7) is 3.25. The molecule has 2 aromatic rings. The van der Waals surface area contributed by atoms with Crippen LogP contribution >= 0.6 is 0 Å². The minimum Gasteiger partial charge on any atom is -0.484 e.